The molecule has 0 atom stereocenters. The quantitative estimate of drug-likeness (QED) is 0.475. The zero-order valence-electron chi connectivity index (χ0n) is 15.3. The Bertz CT molecular complexity index is 1180. The second-order valence-corrected chi connectivity index (χ2v) is 7.15. The maximum absolute atomic E-state index is 13.1. The number of carbonyl (C=O) groups excluding carboxylic acids is 1. The lowest BCUT2D eigenvalue weighted by atomic mass is 10.1. The summed E-state index contributed by atoms with van der Waals surface area (Å²) < 4.78 is 6.59. The van der Waals surface area contributed by atoms with E-state index in [2.05, 4.69) is 4.98 Å². The Morgan fingerprint density at radius 1 is 1.11 bits per heavy atom. The third-order valence-corrected chi connectivity index (χ3v) is 5.35. The van der Waals surface area contributed by atoms with Crippen LogP contribution in [0.15, 0.2) is 71.1 Å². The molecule has 0 spiro atoms. The number of carbonyl (C=O) groups is 1. The molecule has 0 fully saturated rings. The molecule has 0 N–H and O–H groups in total. The fourth-order valence-electron chi connectivity index (χ4n) is 3.07. The predicted octanol–water partition coefficient (Wildman–Crippen LogP) is 4.35. The van der Waals surface area contributed by atoms with Gasteiger partial charge in [-0.3, -0.25) is 9.36 Å². The number of hydrogen-bond acceptors (Lipinski definition) is 5. The molecule has 140 valence electrons. The van der Waals surface area contributed by atoms with E-state index in [1.807, 2.05) is 47.8 Å². The number of benzene rings is 2. The lowest BCUT2D eigenvalue weighted by Gasteiger charge is -2.07. The molecular formula is C22H18N2O3S. The lowest BCUT2D eigenvalue weighted by molar-refractivity contribution is 0.0526. The van der Waals surface area contributed by atoms with Crippen LogP contribution >= 0.6 is 11.3 Å². The van der Waals surface area contributed by atoms with Crippen LogP contribution in [0.25, 0.3) is 21.3 Å². The summed E-state index contributed by atoms with van der Waals surface area (Å²) in [6.45, 7) is 2.50. The summed E-state index contributed by atoms with van der Waals surface area (Å²) >= 11 is 1.47. The molecular weight excluding hydrogens is 372 g/mol. The minimum atomic E-state index is -0.347. The number of esters is 1. The van der Waals surface area contributed by atoms with Gasteiger partial charge < -0.3 is 4.74 Å². The van der Waals surface area contributed by atoms with E-state index >= 15 is 0 Å². The van der Waals surface area contributed by atoms with Crippen LogP contribution < -0.4 is 5.56 Å². The summed E-state index contributed by atoms with van der Waals surface area (Å²) in [6.07, 6.45) is 1.58. The van der Waals surface area contributed by atoms with Gasteiger partial charge in [-0.15, -0.1) is 11.3 Å². The summed E-state index contributed by atoms with van der Waals surface area (Å²) in [5.41, 5.74) is 3.25. The minimum Gasteiger partial charge on any atom is -0.462 e. The maximum Gasteiger partial charge on any atom is 0.338 e. The van der Waals surface area contributed by atoms with E-state index in [0.717, 1.165) is 21.5 Å². The first-order chi connectivity index (χ1) is 13.7. The van der Waals surface area contributed by atoms with Crippen LogP contribution in [0.4, 0.5) is 0 Å². The Kier molecular flexibility index (Phi) is 5.04. The maximum atomic E-state index is 13.1. The van der Waals surface area contributed by atoms with Crippen LogP contribution in [-0.4, -0.2) is 22.1 Å². The van der Waals surface area contributed by atoms with Gasteiger partial charge in [-0.1, -0.05) is 42.5 Å². The van der Waals surface area contributed by atoms with Gasteiger partial charge in [0.25, 0.3) is 5.56 Å². The SMILES string of the molecule is CCOC(=O)c1ccc(Cn2cnc3scc(-c4ccccc4)c3c2=O)cc1. The molecule has 2 aromatic heterocycles. The number of thiophene rings is 1. The van der Waals surface area contributed by atoms with E-state index in [9.17, 15) is 9.59 Å². The molecule has 4 aromatic rings. The minimum absolute atomic E-state index is 0.0698. The predicted molar refractivity (Wildman–Crippen MR) is 111 cm³/mol. The highest BCUT2D eigenvalue weighted by atomic mass is 32.1. The Balaban J connectivity index is 1.67. The second kappa shape index (κ2) is 7.78. The molecule has 2 aromatic carbocycles. The molecule has 0 unspecified atom stereocenters. The topological polar surface area (TPSA) is 61.2 Å². The normalized spacial score (nSPS) is 10.9. The van der Waals surface area contributed by atoms with Crippen LogP contribution in [0.3, 0.4) is 0 Å². The van der Waals surface area contributed by atoms with Crippen LogP contribution in [-0.2, 0) is 11.3 Å². The highest BCUT2D eigenvalue weighted by molar-refractivity contribution is 7.17. The van der Waals surface area contributed by atoms with Gasteiger partial charge in [0.05, 0.1) is 30.4 Å². The summed E-state index contributed by atoms with van der Waals surface area (Å²) in [6, 6.07) is 16.9. The van der Waals surface area contributed by atoms with Crippen molar-refractivity contribution < 1.29 is 9.53 Å². The average molecular weight is 390 g/mol. The first-order valence-corrected chi connectivity index (χ1v) is 9.83. The van der Waals surface area contributed by atoms with Gasteiger partial charge in [0.15, 0.2) is 0 Å². The third kappa shape index (κ3) is 3.46. The highest BCUT2D eigenvalue weighted by Gasteiger charge is 2.13. The molecule has 6 heteroatoms. The van der Waals surface area contributed by atoms with Crippen LogP contribution in [0.1, 0.15) is 22.8 Å². The van der Waals surface area contributed by atoms with Gasteiger partial charge in [0.2, 0.25) is 0 Å². The van der Waals surface area contributed by atoms with Crippen molar-refractivity contribution >= 4 is 27.5 Å². The molecule has 0 aliphatic carbocycles. The first kappa shape index (κ1) is 18.1. The first-order valence-electron chi connectivity index (χ1n) is 8.95. The molecule has 0 saturated carbocycles. The molecule has 0 radical (unpaired) electrons. The summed E-state index contributed by atoms with van der Waals surface area (Å²) in [5.74, 6) is -0.347. The molecule has 5 nitrogen and oxygen atoms in total. The van der Waals surface area contributed by atoms with Gasteiger partial charge in [-0.2, -0.15) is 0 Å². The molecule has 4 rings (SSSR count). The fourth-order valence-corrected chi connectivity index (χ4v) is 3.97. The van der Waals surface area contributed by atoms with Crippen LogP contribution in [0.5, 0.6) is 0 Å². The van der Waals surface area contributed by atoms with Gasteiger partial charge in [-0.25, -0.2) is 9.78 Å². The highest BCUT2D eigenvalue weighted by Crippen LogP contribution is 2.30. The Labute approximate surface area is 165 Å². The molecule has 0 aliphatic rings. The zero-order valence-corrected chi connectivity index (χ0v) is 16.1. The monoisotopic (exact) mass is 390 g/mol. The summed E-state index contributed by atoms with van der Waals surface area (Å²) in [5, 5.41) is 2.62. The van der Waals surface area contributed by atoms with Crippen molar-refractivity contribution in [2.45, 2.75) is 13.5 Å². The number of ether oxygens (including phenoxy) is 1. The van der Waals surface area contributed by atoms with E-state index in [-0.39, 0.29) is 11.5 Å². The summed E-state index contributed by atoms with van der Waals surface area (Å²) in [7, 11) is 0. The van der Waals surface area contributed by atoms with Crippen molar-refractivity contribution in [3.05, 3.63) is 87.8 Å². The van der Waals surface area contributed by atoms with E-state index in [0.29, 0.717) is 24.1 Å². The number of hydrogen-bond donors (Lipinski definition) is 0. The summed E-state index contributed by atoms with van der Waals surface area (Å²) in [4.78, 5) is 30.1. The number of aromatic nitrogens is 2. The van der Waals surface area contributed by atoms with Crippen molar-refractivity contribution in [1.82, 2.24) is 9.55 Å². The average Bonchev–Trinajstić information content (AvgIpc) is 3.16. The van der Waals surface area contributed by atoms with Crippen molar-refractivity contribution in [3.63, 3.8) is 0 Å². The van der Waals surface area contributed by atoms with Crippen molar-refractivity contribution in [3.8, 4) is 11.1 Å². The molecule has 0 bridgehead atoms. The Hall–Kier alpha value is -3.25. The standard InChI is InChI=1S/C22H18N2O3S/c1-2-27-22(26)17-10-8-15(9-11-17)12-24-14-23-20-19(21(24)25)18(13-28-20)16-6-4-3-5-7-16/h3-11,13-14H,2,12H2,1H3. The van der Waals surface area contributed by atoms with E-state index in [1.165, 1.54) is 11.3 Å². The van der Waals surface area contributed by atoms with Crippen LogP contribution in [0, 0.1) is 0 Å². The van der Waals surface area contributed by atoms with Crippen molar-refractivity contribution in [1.29, 1.82) is 0 Å². The van der Waals surface area contributed by atoms with Gasteiger partial charge >= 0.3 is 5.97 Å². The van der Waals surface area contributed by atoms with E-state index < -0.39 is 0 Å². The van der Waals surface area contributed by atoms with Gasteiger partial charge in [-0.05, 0) is 30.2 Å². The van der Waals surface area contributed by atoms with Gasteiger partial charge in [0, 0.05) is 10.9 Å². The van der Waals surface area contributed by atoms with E-state index in [4.69, 9.17) is 4.74 Å². The number of fused-ring (bicyclic) bond motifs is 1. The number of rotatable bonds is 5. The molecule has 28 heavy (non-hydrogen) atoms. The van der Waals surface area contributed by atoms with Crippen molar-refractivity contribution in [2.24, 2.45) is 0 Å². The molecule has 0 saturated heterocycles. The van der Waals surface area contributed by atoms with Gasteiger partial charge in [0.1, 0.15) is 4.83 Å². The molecule has 0 aliphatic heterocycles. The number of nitrogens with zero attached hydrogens (tertiary/aromatic N) is 2. The van der Waals surface area contributed by atoms with Crippen molar-refractivity contribution in [2.75, 3.05) is 6.61 Å². The molecule has 0 amide bonds. The third-order valence-electron chi connectivity index (χ3n) is 4.46. The largest absolute Gasteiger partial charge is 0.462 e. The Morgan fingerprint density at radius 3 is 2.57 bits per heavy atom. The Morgan fingerprint density at radius 2 is 1.86 bits per heavy atom. The van der Waals surface area contributed by atoms with Crippen LogP contribution in [0.2, 0.25) is 0 Å². The fraction of sp³-hybridized carbons (Fsp3) is 0.136. The van der Waals surface area contributed by atoms with E-state index in [1.54, 1.807) is 30.0 Å². The second-order valence-electron chi connectivity index (χ2n) is 6.29. The lowest BCUT2D eigenvalue weighted by Crippen LogP contribution is -2.21. The molecule has 2 heterocycles. The smallest absolute Gasteiger partial charge is 0.338 e. The zero-order chi connectivity index (χ0) is 19.5.